The number of rotatable bonds is 7. The largest absolute Gasteiger partial charge is 0.495 e. The van der Waals surface area contributed by atoms with Crippen LogP contribution >= 0.6 is 0 Å². The first-order chi connectivity index (χ1) is 16.5. The Kier molecular flexibility index (Phi) is 7.03. The third-order valence-electron chi connectivity index (χ3n) is 6.31. The van der Waals surface area contributed by atoms with E-state index in [2.05, 4.69) is 11.7 Å². The van der Waals surface area contributed by atoms with Gasteiger partial charge in [-0.3, -0.25) is 0 Å². The van der Waals surface area contributed by atoms with Crippen LogP contribution in [0.5, 0.6) is 5.75 Å². The maximum Gasteiger partial charge on any atom is 0.143 e. The van der Waals surface area contributed by atoms with Gasteiger partial charge in [0.2, 0.25) is 0 Å². The molecule has 0 aromatic heterocycles. The molecule has 2 aromatic rings. The van der Waals surface area contributed by atoms with Crippen molar-refractivity contribution >= 4 is 17.5 Å². The van der Waals surface area contributed by atoms with Crippen LogP contribution < -0.4 is 15.4 Å². The van der Waals surface area contributed by atoms with Crippen LogP contribution in [-0.4, -0.2) is 32.6 Å². The zero-order valence-corrected chi connectivity index (χ0v) is 19.5. The summed E-state index contributed by atoms with van der Waals surface area (Å²) in [6.45, 7) is 7.22. The van der Waals surface area contributed by atoms with E-state index in [9.17, 15) is 4.39 Å². The van der Waals surface area contributed by atoms with Crippen molar-refractivity contribution in [3.05, 3.63) is 90.2 Å². The molecule has 2 atom stereocenters. The van der Waals surface area contributed by atoms with Gasteiger partial charge in [-0.1, -0.05) is 36.0 Å². The van der Waals surface area contributed by atoms with E-state index in [1.165, 1.54) is 12.1 Å². The molecule has 0 spiro atoms. The number of hydrogen-bond acceptors (Lipinski definition) is 6. The molecule has 2 aliphatic heterocycles. The van der Waals surface area contributed by atoms with Gasteiger partial charge in [0.25, 0.3) is 0 Å². The molecule has 0 radical (unpaired) electrons. The minimum absolute atomic E-state index is 0.104. The fourth-order valence-electron chi connectivity index (χ4n) is 4.62. The third kappa shape index (κ3) is 4.70. The monoisotopic (exact) mass is 463 g/mol. The molecule has 1 saturated heterocycles. The van der Waals surface area contributed by atoms with Crippen LogP contribution in [0.2, 0.25) is 0 Å². The summed E-state index contributed by atoms with van der Waals surface area (Å²) < 4.78 is 25.0. The number of anilines is 1. The Labute approximate surface area is 199 Å². The Morgan fingerprint density at radius 2 is 2.03 bits per heavy atom. The minimum Gasteiger partial charge on any atom is -0.495 e. The zero-order valence-electron chi connectivity index (χ0n) is 19.5. The second-order valence-corrected chi connectivity index (χ2v) is 8.57. The van der Waals surface area contributed by atoms with Crippen LogP contribution in [0.25, 0.3) is 6.08 Å². The summed E-state index contributed by atoms with van der Waals surface area (Å²) in [6, 6.07) is 12.5. The average molecular weight is 464 g/mol. The average Bonchev–Trinajstić information content (AvgIpc) is 2.86. The van der Waals surface area contributed by atoms with Crippen molar-refractivity contribution in [3.8, 4) is 5.75 Å². The first-order valence-corrected chi connectivity index (χ1v) is 11.2. The van der Waals surface area contributed by atoms with E-state index in [0.29, 0.717) is 31.3 Å². The number of methoxy groups -OCH3 is 1. The number of benzene rings is 2. The molecule has 4 rings (SSSR count). The second-order valence-electron chi connectivity index (χ2n) is 8.57. The molecule has 2 unspecified atom stereocenters. The normalized spacial score (nSPS) is 22.5. The lowest BCUT2D eigenvalue weighted by Gasteiger charge is -2.45. The van der Waals surface area contributed by atoms with E-state index in [4.69, 9.17) is 20.0 Å². The van der Waals surface area contributed by atoms with Gasteiger partial charge in [0.05, 0.1) is 30.5 Å². The van der Waals surface area contributed by atoms with Crippen molar-refractivity contribution in [3.63, 3.8) is 0 Å². The SMILES string of the molecule is C=CN(/C=C(/C)N)c1ccc(/C=C/C2=NOCC3(c4ccc(F)cc4)COCCC23)cc1OC. The molecule has 2 aromatic carbocycles. The van der Waals surface area contributed by atoms with Crippen molar-refractivity contribution in [1.29, 1.82) is 0 Å². The lowest BCUT2D eigenvalue weighted by molar-refractivity contribution is -0.0458. The Balaban J connectivity index is 1.62. The van der Waals surface area contributed by atoms with Crippen LogP contribution in [0.3, 0.4) is 0 Å². The van der Waals surface area contributed by atoms with Crippen LogP contribution in [0.1, 0.15) is 24.5 Å². The number of hydrogen-bond donors (Lipinski definition) is 1. The van der Waals surface area contributed by atoms with Crippen molar-refractivity contribution < 1.29 is 18.7 Å². The predicted molar refractivity (Wildman–Crippen MR) is 133 cm³/mol. The first kappa shape index (κ1) is 23.6. The number of oxime groups is 1. The molecule has 0 bridgehead atoms. The summed E-state index contributed by atoms with van der Waals surface area (Å²) in [5, 5.41) is 4.38. The van der Waals surface area contributed by atoms with E-state index >= 15 is 0 Å². The second kappa shape index (κ2) is 10.1. The fraction of sp³-hybridized carbons (Fsp3) is 0.296. The fourth-order valence-corrected chi connectivity index (χ4v) is 4.62. The number of halogens is 1. The maximum atomic E-state index is 13.6. The predicted octanol–water partition coefficient (Wildman–Crippen LogP) is 4.98. The van der Waals surface area contributed by atoms with Gasteiger partial charge in [-0.15, -0.1) is 0 Å². The number of fused-ring (bicyclic) bond motifs is 1. The number of allylic oxidation sites excluding steroid dienone is 2. The van der Waals surface area contributed by atoms with Gasteiger partial charge in [-0.2, -0.15) is 0 Å². The van der Waals surface area contributed by atoms with E-state index in [1.54, 1.807) is 19.5 Å². The molecule has 1 fully saturated rings. The molecule has 2 aliphatic rings. The van der Waals surface area contributed by atoms with Gasteiger partial charge >= 0.3 is 0 Å². The van der Waals surface area contributed by atoms with Crippen LogP contribution in [0.4, 0.5) is 10.1 Å². The molecular formula is C27H30FN3O3. The number of nitrogens with zero attached hydrogens (tertiary/aromatic N) is 2. The van der Waals surface area contributed by atoms with Gasteiger partial charge in [0.1, 0.15) is 18.2 Å². The van der Waals surface area contributed by atoms with E-state index in [1.807, 2.05) is 54.3 Å². The third-order valence-corrected chi connectivity index (χ3v) is 6.31. The highest BCUT2D eigenvalue weighted by Crippen LogP contribution is 2.42. The first-order valence-electron chi connectivity index (χ1n) is 11.2. The van der Waals surface area contributed by atoms with E-state index in [0.717, 1.165) is 28.9 Å². The summed E-state index contributed by atoms with van der Waals surface area (Å²) in [7, 11) is 1.63. The lowest BCUT2D eigenvalue weighted by atomic mass is 9.66. The highest BCUT2D eigenvalue weighted by molar-refractivity contribution is 6.01. The summed E-state index contributed by atoms with van der Waals surface area (Å²) in [5.74, 6) is 0.531. The van der Waals surface area contributed by atoms with Crippen LogP contribution in [0.15, 0.2) is 78.4 Å². The van der Waals surface area contributed by atoms with Crippen molar-refractivity contribution in [2.24, 2.45) is 16.8 Å². The van der Waals surface area contributed by atoms with Crippen LogP contribution in [0, 0.1) is 11.7 Å². The Bertz CT molecular complexity index is 1120. The summed E-state index contributed by atoms with van der Waals surface area (Å²) >= 11 is 0. The van der Waals surface area contributed by atoms with Crippen molar-refractivity contribution in [1.82, 2.24) is 0 Å². The highest BCUT2D eigenvalue weighted by Gasteiger charge is 2.48. The van der Waals surface area contributed by atoms with Crippen molar-refractivity contribution in [2.45, 2.75) is 18.8 Å². The smallest absolute Gasteiger partial charge is 0.143 e. The molecular weight excluding hydrogens is 433 g/mol. The molecule has 34 heavy (non-hydrogen) atoms. The van der Waals surface area contributed by atoms with E-state index < -0.39 is 5.41 Å². The summed E-state index contributed by atoms with van der Waals surface area (Å²) in [6.07, 6.45) is 8.25. The summed E-state index contributed by atoms with van der Waals surface area (Å²) in [5.41, 5.74) is 9.72. The van der Waals surface area contributed by atoms with Gasteiger partial charge in [-0.25, -0.2) is 4.39 Å². The molecule has 0 aliphatic carbocycles. The number of nitrogens with two attached hydrogens (primary N) is 1. The quantitative estimate of drug-likeness (QED) is 0.627. The molecule has 0 amide bonds. The molecule has 7 heteroatoms. The van der Waals surface area contributed by atoms with Gasteiger partial charge in [0.15, 0.2) is 0 Å². The van der Waals surface area contributed by atoms with Crippen molar-refractivity contribution in [2.75, 3.05) is 31.8 Å². The van der Waals surface area contributed by atoms with Gasteiger partial charge in [-0.05, 0) is 54.8 Å². The Morgan fingerprint density at radius 1 is 1.24 bits per heavy atom. The van der Waals surface area contributed by atoms with Crippen LogP contribution in [-0.2, 0) is 15.0 Å². The number of ether oxygens (including phenoxy) is 2. The zero-order chi connectivity index (χ0) is 24.1. The minimum atomic E-state index is -0.397. The maximum absolute atomic E-state index is 13.6. The topological polar surface area (TPSA) is 69.3 Å². The lowest BCUT2D eigenvalue weighted by Crippen LogP contribution is -2.52. The standard InChI is InChI=1S/C27H30FN3O3/c1-4-31(16-19(2)29)25-12-6-20(15-26(25)32-3)5-11-24-23-13-14-33-17-27(23,18-34-30-24)21-7-9-22(28)10-8-21/h4-12,15-16,23H,1,13-14,17-18,29H2,2-3H3/b11-5+,19-16-. The van der Waals surface area contributed by atoms with Gasteiger partial charge < -0.3 is 24.9 Å². The Hall–Kier alpha value is -3.58. The summed E-state index contributed by atoms with van der Waals surface area (Å²) in [4.78, 5) is 7.50. The molecule has 2 N–H and O–H groups in total. The van der Waals surface area contributed by atoms with E-state index in [-0.39, 0.29) is 11.7 Å². The molecule has 0 saturated carbocycles. The van der Waals surface area contributed by atoms with Gasteiger partial charge in [0, 0.05) is 30.6 Å². The molecule has 178 valence electrons. The molecule has 6 nitrogen and oxygen atoms in total. The highest BCUT2D eigenvalue weighted by atomic mass is 19.1. The Morgan fingerprint density at radius 3 is 2.74 bits per heavy atom. The molecule has 2 heterocycles.